The summed E-state index contributed by atoms with van der Waals surface area (Å²) in [6.07, 6.45) is 7.28. The van der Waals surface area contributed by atoms with Gasteiger partial charge in [-0.1, -0.05) is 18.2 Å². The Kier molecular flexibility index (Phi) is 4.88. The van der Waals surface area contributed by atoms with Gasteiger partial charge in [-0.15, -0.1) is 0 Å². The van der Waals surface area contributed by atoms with E-state index in [0.717, 1.165) is 23.4 Å². The lowest BCUT2D eigenvalue weighted by Crippen LogP contribution is -2.25. The van der Waals surface area contributed by atoms with Crippen LogP contribution in [0.4, 0.5) is 0 Å². The molecular formula is C18H19N3O2. The highest BCUT2D eigenvalue weighted by molar-refractivity contribution is 5.76. The number of benzene rings is 1. The molecule has 1 aromatic carbocycles. The molecule has 5 nitrogen and oxygen atoms in total. The topological polar surface area (TPSA) is 60.1 Å². The molecule has 2 heterocycles. The third-order valence-electron chi connectivity index (χ3n) is 3.57. The van der Waals surface area contributed by atoms with Crippen molar-refractivity contribution in [2.75, 3.05) is 6.54 Å². The van der Waals surface area contributed by atoms with Crippen LogP contribution in [0.2, 0.25) is 0 Å². The summed E-state index contributed by atoms with van der Waals surface area (Å²) >= 11 is 0. The van der Waals surface area contributed by atoms with E-state index in [-0.39, 0.29) is 5.91 Å². The monoisotopic (exact) mass is 309 g/mol. The van der Waals surface area contributed by atoms with E-state index in [0.29, 0.717) is 19.4 Å². The van der Waals surface area contributed by atoms with Gasteiger partial charge in [0.2, 0.25) is 5.91 Å². The molecule has 0 bridgehead atoms. The lowest BCUT2D eigenvalue weighted by atomic mass is 10.2. The molecule has 0 radical (unpaired) electrons. The Morgan fingerprint density at radius 1 is 1.13 bits per heavy atom. The summed E-state index contributed by atoms with van der Waals surface area (Å²) in [7, 11) is 0. The Labute approximate surface area is 134 Å². The maximum atomic E-state index is 11.8. The molecule has 2 aromatic heterocycles. The fourth-order valence-corrected chi connectivity index (χ4v) is 2.34. The van der Waals surface area contributed by atoms with Gasteiger partial charge in [-0.3, -0.25) is 4.79 Å². The molecular weight excluding hydrogens is 290 g/mol. The van der Waals surface area contributed by atoms with E-state index < -0.39 is 0 Å². The van der Waals surface area contributed by atoms with Crippen LogP contribution in [0.5, 0.6) is 0 Å². The number of carbonyl (C=O) groups is 1. The summed E-state index contributed by atoms with van der Waals surface area (Å²) in [4.78, 5) is 11.8. The van der Waals surface area contributed by atoms with Crippen LogP contribution in [-0.2, 0) is 17.6 Å². The number of nitrogens with zero attached hydrogens (tertiary/aromatic N) is 2. The second kappa shape index (κ2) is 7.45. The predicted octanol–water partition coefficient (Wildman–Crippen LogP) is 2.76. The molecule has 0 aliphatic carbocycles. The van der Waals surface area contributed by atoms with Crippen molar-refractivity contribution in [3.8, 4) is 5.69 Å². The van der Waals surface area contributed by atoms with Crippen molar-refractivity contribution in [3.05, 3.63) is 72.4 Å². The highest BCUT2D eigenvalue weighted by atomic mass is 16.3. The lowest BCUT2D eigenvalue weighted by Gasteiger charge is -2.03. The SMILES string of the molecule is O=C(CCc1ccco1)NCCc1cnn(-c2ccccc2)c1. The second-order valence-electron chi connectivity index (χ2n) is 5.31. The van der Waals surface area contributed by atoms with Gasteiger partial charge in [0.1, 0.15) is 5.76 Å². The van der Waals surface area contributed by atoms with Crippen molar-refractivity contribution >= 4 is 5.91 Å². The maximum absolute atomic E-state index is 11.8. The van der Waals surface area contributed by atoms with Crippen molar-refractivity contribution in [2.45, 2.75) is 19.3 Å². The Morgan fingerprint density at radius 3 is 2.78 bits per heavy atom. The number of aryl methyl sites for hydroxylation is 1. The van der Waals surface area contributed by atoms with Gasteiger partial charge in [0.05, 0.1) is 18.1 Å². The molecule has 0 unspecified atom stereocenters. The van der Waals surface area contributed by atoms with Crippen LogP contribution in [0.3, 0.4) is 0 Å². The quantitative estimate of drug-likeness (QED) is 0.730. The average molecular weight is 309 g/mol. The van der Waals surface area contributed by atoms with E-state index in [2.05, 4.69) is 10.4 Å². The summed E-state index contributed by atoms with van der Waals surface area (Å²) in [6.45, 7) is 0.609. The molecule has 0 fully saturated rings. The zero-order valence-corrected chi connectivity index (χ0v) is 12.8. The van der Waals surface area contributed by atoms with Gasteiger partial charge in [0.25, 0.3) is 0 Å². The number of nitrogens with one attached hydrogen (secondary N) is 1. The smallest absolute Gasteiger partial charge is 0.220 e. The number of hydrogen-bond donors (Lipinski definition) is 1. The first-order chi connectivity index (χ1) is 11.3. The molecule has 118 valence electrons. The third kappa shape index (κ3) is 4.32. The van der Waals surface area contributed by atoms with Gasteiger partial charge in [0.15, 0.2) is 0 Å². The minimum Gasteiger partial charge on any atom is -0.469 e. The molecule has 3 rings (SSSR count). The van der Waals surface area contributed by atoms with Gasteiger partial charge >= 0.3 is 0 Å². The predicted molar refractivity (Wildman–Crippen MR) is 87.3 cm³/mol. The molecule has 0 aliphatic rings. The van der Waals surface area contributed by atoms with Crippen molar-refractivity contribution in [1.29, 1.82) is 0 Å². The molecule has 0 saturated carbocycles. The molecule has 0 saturated heterocycles. The number of carbonyl (C=O) groups excluding carboxylic acids is 1. The third-order valence-corrected chi connectivity index (χ3v) is 3.57. The van der Waals surface area contributed by atoms with E-state index in [1.807, 2.05) is 59.5 Å². The van der Waals surface area contributed by atoms with E-state index in [1.54, 1.807) is 6.26 Å². The molecule has 0 aliphatic heterocycles. The second-order valence-corrected chi connectivity index (χ2v) is 5.31. The molecule has 1 N–H and O–H groups in total. The fraction of sp³-hybridized carbons (Fsp3) is 0.222. The van der Waals surface area contributed by atoms with Crippen LogP contribution in [0.15, 0.2) is 65.5 Å². The lowest BCUT2D eigenvalue weighted by molar-refractivity contribution is -0.121. The van der Waals surface area contributed by atoms with E-state index in [9.17, 15) is 4.79 Å². The summed E-state index contributed by atoms with van der Waals surface area (Å²) in [5.41, 5.74) is 2.13. The number of para-hydroxylation sites is 1. The Bertz CT molecular complexity index is 733. The van der Waals surface area contributed by atoms with Gasteiger partial charge < -0.3 is 9.73 Å². The van der Waals surface area contributed by atoms with Crippen molar-refractivity contribution in [2.24, 2.45) is 0 Å². The number of furan rings is 1. The van der Waals surface area contributed by atoms with Crippen molar-refractivity contribution in [3.63, 3.8) is 0 Å². The molecule has 0 spiro atoms. The van der Waals surface area contributed by atoms with Crippen LogP contribution in [-0.4, -0.2) is 22.2 Å². The van der Waals surface area contributed by atoms with Crippen LogP contribution in [0.1, 0.15) is 17.7 Å². The average Bonchev–Trinajstić information content (AvgIpc) is 3.26. The normalized spacial score (nSPS) is 10.6. The van der Waals surface area contributed by atoms with Crippen molar-refractivity contribution in [1.82, 2.24) is 15.1 Å². The van der Waals surface area contributed by atoms with Crippen LogP contribution >= 0.6 is 0 Å². The summed E-state index contributed by atoms with van der Waals surface area (Å²) in [5.74, 6) is 0.876. The largest absolute Gasteiger partial charge is 0.469 e. The van der Waals surface area contributed by atoms with Gasteiger partial charge in [0, 0.05) is 25.6 Å². The summed E-state index contributed by atoms with van der Waals surface area (Å²) in [6, 6.07) is 13.7. The van der Waals surface area contributed by atoms with Gasteiger partial charge in [-0.2, -0.15) is 5.10 Å². The summed E-state index contributed by atoms with van der Waals surface area (Å²) in [5, 5.41) is 7.27. The van der Waals surface area contributed by atoms with Gasteiger partial charge in [-0.25, -0.2) is 4.68 Å². The number of amides is 1. The van der Waals surface area contributed by atoms with E-state index >= 15 is 0 Å². The van der Waals surface area contributed by atoms with Crippen LogP contribution < -0.4 is 5.32 Å². The molecule has 1 amide bonds. The zero-order valence-electron chi connectivity index (χ0n) is 12.8. The van der Waals surface area contributed by atoms with Crippen molar-refractivity contribution < 1.29 is 9.21 Å². The highest BCUT2D eigenvalue weighted by Crippen LogP contribution is 2.08. The first-order valence-corrected chi connectivity index (χ1v) is 7.69. The minimum absolute atomic E-state index is 0.0388. The Balaban J connectivity index is 1.42. The van der Waals surface area contributed by atoms with Crippen LogP contribution in [0, 0.1) is 0 Å². The first kappa shape index (κ1) is 15.1. The van der Waals surface area contributed by atoms with Gasteiger partial charge in [-0.05, 0) is 36.2 Å². The van der Waals surface area contributed by atoms with E-state index in [4.69, 9.17) is 4.42 Å². The molecule has 3 aromatic rings. The molecule has 5 heteroatoms. The molecule has 0 atom stereocenters. The fourth-order valence-electron chi connectivity index (χ4n) is 2.34. The van der Waals surface area contributed by atoms with Crippen LogP contribution in [0.25, 0.3) is 5.69 Å². The highest BCUT2D eigenvalue weighted by Gasteiger charge is 2.05. The Morgan fingerprint density at radius 2 is 2.00 bits per heavy atom. The molecule has 23 heavy (non-hydrogen) atoms. The number of hydrogen-bond acceptors (Lipinski definition) is 3. The maximum Gasteiger partial charge on any atom is 0.220 e. The van der Waals surface area contributed by atoms with E-state index in [1.165, 1.54) is 0 Å². The standard InChI is InChI=1S/C18H19N3O2/c22-18(9-8-17-7-4-12-23-17)19-11-10-15-13-20-21(14-15)16-5-2-1-3-6-16/h1-7,12-14H,8-11H2,(H,19,22). The first-order valence-electron chi connectivity index (χ1n) is 7.69. The number of aromatic nitrogens is 2. The Hall–Kier alpha value is -2.82. The summed E-state index contributed by atoms with van der Waals surface area (Å²) < 4.78 is 7.05. The zero-order chi connectivity index (χ0) is 15.9. The minimum atomic E-state index is 0.0388. The number of rotatable bonds is 7.